The zero-order valence-corrected chi connectivity index (χ0v) is 14.7. The van der Waals surface area contributed by atoms with Gasteiger partial charge in [-0.1, -0.05) is 24.3 Å². The van der Waals surface area contributed by atoms with Gasteiger partial charge in [-0.15, -0.1) is 11.3 Å². The van der Waals surface area contributed by atoms with E-state index in [1.165, 1.54) is 4.88 Å². The molecule has 5 heteroatoms. The highest BCUT2D eigenvalue weighted by Gasteiger charge is 2.15. The number of hydrogen-bond acceptors (Lipinski definition) is 5. The van der Waals surface area contributed by atoms with Gasteiger partial charge in [-0.05, 0) is 37.1 Å². The second-order valence-corrected chi connectivity index (χ2v) is 6.77. The molecule has 1 atom stereocenters. The van der Waals surface area contributed by atoms with Gasteiger partial charge in [0.15, 0.2) is 0 Å². The SMILES string of the molecule is Cc1nc(-c2cccnc2)sc1C(C)NCc1ccccc1CO. The van der Waals surface area contributed by atoms with E-state index >= 15 is 0 Å². The van der Waals surface area contributed by atoms with Crippen molar-refractivity contribution >= 4 is 11.3 Å². The minimum absolute atomic E-state index is 0.0664. The summed E-state index contributed by atoms with van der Waals surface area (Å²) in [6, 6.07) is 12.1. The number of nitrogens with zero attached hydrogens (tertiary/aromatic N) is 2. The largest absolute Gasteiger partial charge is 0.392 e. The van der Waals surface area contributed by atoms with Crippen molar-refractivity contribution in [1.29, 1.82) is 0 Å². The Kier molecular flexibility index (Phi) is 5.35. The van der Waals surface area contributed by atoms with Crippen molar-refractivity contribution < 1.29 is 5.11 Å². The molecule has 1 aromatic carbocycles. The molecule has 2 N–H and O–H groups in total. The van der Waals surface area contributed by atoms with Gasteiger partial charge >= 0.3 is 0 Å². The van der Waals surface area contributed by atoms with Crippen LogP contribution in [0.1, 0.15) is 34.7 Å². The molecule has 0 saturated heterocycles. The van der Waals surface area contributed by atoms with Gasteiger partial charge in [-0.25, -0.2) is 4.98 Å². The summed E-state index contributed by atoms with van der Waals surface area (Å²) >= 11 is 1.70. The zero-order valence-electron chi connectivity index (χ0n) is 13.9. The molecule has 0 bridgehead atoms. The van der Waals surface area contributed by atoms with Gasteiger partial charge < -0.3 is 10.4 Å². The number of thiazole rings is 1. The first-order valence-corrected chi connectivity index (χ1v) is 8.79. The number of aliphatic hydroxyl groups is 1. The van der Waals surface area contributed by atoms with Crippen molar-refractivity contribution in [3.05, 3.63) is 70.5 Å². The summed E-state index contributed by atoms with van der Waals surface area (Å²) in [6.07, 6.45) is 3.62. The van der Waals surface area contributed by atoms with Crippen LogP contribution in [0.3, 0.4) is 0 Å². The van der Waals surface area contributed by atoms with Gasteiger partial charge in [0.05, 0.1) is 12.3 Å². The molecule has 0 aliphatic rings. The molecule has 3 aromatic rings. The summed E-state index contributed by atoms with van der Waals surface area (Å²) in [5.74, 6) is 0. The van der Waals surface area contributed by atoms with Crippen LogP contribution in [0.4, 0.5) is 0 Å². The van der Waals surface area contributed by atoms with Crippen molar-refractivity contribution in [2.45, 2.75) is 33.0 Å². The van der Waals surface area contributed by atoms with E-state index in [0.717, 1.165) is 33.9 Å². The number of aromatic nitrogens is 2. The van der Waals surface area contributed by atoms with Crippen LogP contribution >= 0.6 is 11.3 Å². The first-order valence-electron chi connectivity index (χ1n) is 7.97. The molecule has 0 radical (unpaired) electrons. The summed E-state index contributed by atoms with van der Waals surface area (Å²) in [6.45, 7) is 4.98. The predicted octanol–water partition coefficient (Wildman–Crippen LogP) is 3.86. The van der Waals surface area contributed by atoms with E-state index in [2.05, 4.69) is 22.2 Å². The highest BCUT2D eigenvalue weighted by atomic mass is 32.1. The molecule has 0 aliphatic heterocycles. The van der Waals surface area contributed by atoms with Crippen LogP contribution in [0.25, 0.3) is 10.6 Å². The lowest BCUT2D eigenvalue weighted by molar-refractivity contribution is 0.280. The second kappa shape index (κ2) is 7.66. The Morgan fingerprint density at radius 1 is 1.17 bits per heavy atom. The molecule has 0 fully saturated rings. The number of pyridine rings is 1. The number of rotatable bonds is 6. The molecule has 3 rings (SSSR count). The van der Waals surface area contributed by atoms with Gasteiger partial charge in [0.2, 0.25) is 0 Å². The standard InChI is InChI=1S/C19H21N3OS/c1-13(21-11-15-6-3-4-7-17(15)12-23)18-14(2)22-19(24-18)16-8-5-9-20-10-16/h3-10,13,21,23H,11-12H2,1-2H3. The average Bonchev–Trinajstić information content (AvgIpc) is 3.02. The maximum Gasteiger partial charge on any atom is 0.125 e. The highest BCUT2D eigenvalue weighted by Crippen LogP contribution is 2.31. The average molecular weight is 339 g/mol. The van der Waals surface area contributed by atoms with Gasteiger partial charge in [-0.2, -0.15) is 0 Å². The highest BCUT2D eigenvalue weighted by molar-refractivity contribution is 7.15. The molecule has 1 unspecified atom stereocenters. The fraction of sp³-hybridized carbons (Fsp3) is 0.263. The summed E-state index contributed by atoms with van der Waals surface area (Å²) < 4.78 is 0. The van der Waals surface area contributed by atoms with Crippen molar-refractivity contribution in [2.24, 2.45) is 0 Å². The van der Waals surface area contributed by atoms with E-state index in [1.54, 1.807) is 17.5 Å². The number of aliphatic hydroxyl groups excluding tert-OH is 1. The van der Waals surface area contributed by atoms with Crippen molar-refractivity contribution in [2.75, 3.05) is 0 Å². The molecule has 0 spiro atoms. The zero-order chi connectivity index (χ0) is 16.9. The smallest absolute Gasteiger partial charge is 0.125 e. The Bertz CT molecular complexity index is 801. The molecule has 2 aromatic heterocycles. The quantitative estimate of drug-likeness (QED) is 0.716. The van der Waals surface area contributed by atoms with Crippen molar-refractivity contribution in [1.82, 2.24) is 15.3 Å². The molecule has 0 aliphatic carbocycles. The Balaban J connectivity index is 1.74. The van der Waals surface area contributed by atoms with E-state index in [0.29, 0.717) is 0 Å². The monoisotopic (exact) mass is 339 g/mol. The van der Waals surface area contributed by atoms with Crippen LogP contribution in [-0.4, -0.2) is 15.1 Å². The summed E-state index contributed by atoms with van der Waals surface area (Å²) in [5.41, 5.74) is 4.19. The molecular weight excluding hydrogens is 318 g/mol. The third-order valence-corrected chi connectivity index (χ3v) is 5.41. The molecule has 0 amide bonds. The molecule has 2 heterocycles. The first kappa shape index (κ1) is 16.8. The van der Waals surface area contributed by atoms with E-state index < -0.39 is 0 Å². The van der Waals surface area contributed by atoms with E-state index in [4.69, 9.17) is 0 Å². The molecule has 0 saturated carbocycles. The number of hydrogen-bond donors (Lipinski definition) is 2. The van der Waals surface area contributed by atoms with E-state index in [1.807, 2.05) is 49.5 Å². The van der Waals surface area contributed by atoms with Crippen LogP contribution in [-0.2, 0) is 13.2 Å². The summed E-state index contributed by atoms with van der Waals surface area (Å²) in [7, 11) is 0. The van der Waals surface area contributed by atoms with Gasteiger partial charge in [0, 0.05) is 35.4 Å². The van der Waals surface area contributed by atoms with Crippen molar-refractivity contribution in [3.63, 3.8) is 0 Å². The third-order valence-electron chi connectivity index (χ3n) is 4.02. The Morgan fingerprint density at radius 2 is 1.96 bits per heavy atom. The minimum Gasteiger partial charge on any atom is -0.392 e. The topological polar surface area (TPSA) is 58.0 Å². The third kappa shape index (κ3) is 3.70. The van der Waals surface area contributed by atoms with Crippen LogP contribution in [0.2, 0.25) is 0 Å². The van der Waals surface area contributed by atoms with Gasteiger partial charge in [-0.3, -0.25) is 4.98 Å². The second-order valence-electron chi connectivity index (χ2n) is 5.74. The lowest BCUT2D eigenvalue weighted by atomic mass is 10.1. The van der Waals surface area contributed by atoms with Crippen LogP contribution in [0, 0.1) is 6.92 Å². The predicted molar refractivity (Wildman–Crippen MR) is 97.7 cm³/mol. The number of aryl methyl sites for hydroxylation is 1. The normalized spacial score (nSPS) is 12.3. The van der Waals surface area contributed by atoms with Crippen LogP contribution in [0.5, 0.6) is 0 Å². The number of nitrogens with one attached hydrogen (secondary N) is 1. The van der Waals surface area contributed by atoms with E-state index in [-0.39, 0.29) is 12.6 Å². The first-order chi connectivity index (χ1) is 11.7. The summed E-state index contributed by atoms with van der Waals surface area (Å²) in [4.78, 5) is 10.1. The van der Waals surface area contributed by atoms with E-state index in [9.17, 15) is 5.11 Å². The van der Waals surface area contributed by atoms with Gasteiger partial charge in [0.1, 0.15) is 5.01 Å². The van der Waals surface area contributed by atoms with Crippen LogP contribution in [0.15, 0.2) is 48.8 Å². The lowest BCUT2D eigenvalue weighted by Gasteiger charge is -2.14. The minimum atomic E-state index is 0.0664. The Morgan fingerprint density at radius 3 is 2.67 bits per heavy atom. The van der Waals surface area contributed by atoms with Crippen LogP contribution < -0.4 is 5.32 Å². The molecular formula is C19H21N3OS. The van der Waals surface area contributed by atoms with Gasteiger partial charge in [0.25, 0.3) is 0 Å². The number of benzene rings is 1. The molecule has 24 heavy (non-hydrogen) atoms. The molecule has 124 valence electrons. The fourth-order valence-electron chi connectivity index (χ4n) is 2.66. The van der Waals surface area contributed by atoms with Crippen molar-refractivity contribution in [3.8, 4) is 10.6 Å². The lowest BCUT2D eigenvalue weighted by Crippen LogP contribution is -2.18. The fourth-order valence-corrected chi connectivity index (χ4v) is 3.75. The molecule has 4 nitrogen and oxygen atoms in total. The Labute approximate surface area is 146 Å². The summed E-state index contributed by atoms with van der Waals surface area (Å²) in [5, 5.41) is 14.0. The maximum atomic E-state index is 9.43. The maximum absolute atomic E-state index is 9.43. The Hall–Kier alpha value is -2.08.